The van der Waals surface area contributed by atoms with Crippen LogP contribution in [-0.2, 0) is 0 Å². The number of aromatic hydroxyl groups is 1. The van der Waals surface area contributed by atoms with Crippen molar-refractivity contribution in [2.75, 3.05) is 5.32 Å². The van der Waals surface area contributed by atoms with Crippen LogP contribution in [0.5, 0.6) is 5.75 Å². The maximum Gasteiger partial charge on any atom is 0.339 e. The number of halogens is 2. The van der Waals surface area contributed by atoms with Gasteiger partial charge in [0.05, 0.1) is 10.6 Å². The monoisotopic (exact) mass is 383 g/mol. The predicted molar refractivity (Wildman–Crippen MR) is 86.9 cm³/mol. The van der Waals surface area contributed by atoms with Crippen molar-refractivity contribution in [1.29, 1.82) is 0 Å². The number of aromatic carboxylic acids is 1. The van der Waals surface area contributed by atoms with Gasteiger partial charge in [0.2, 0.25) is 0 Å². The van der Waals surface area contributed by atoms with Gasteiger partial charge in [-0.15, -0.1) is 0 Å². The number of anilines is 1. The fraction of sp³-hybridized carbons (Fsp3) is 0.0667. The maximum absolute atomic E-state index is 12.2. The Morgan fingerprint density at radius 2 is 1.86 bits per heavy atom. The van der Waals surface area contributed by atoms with E-state index in [9.17, 15) is 14.7 Å². The normalized spacial score (nSPS) is 10.3. The molecule has 22 heavy (non-hydrogen) atoms. The van der Waals surface area contributed by atoms with Crippen LogP contribution in [0, 0.1) is 6.92 Å². The Balaban J connectivity index is 2.36. The molecule has 0 atom stereocenters. The van der Waals surface area contributed by atoms with Gasteiger partial charge in [0.15, 0.2) is 0 Å². The number of aryl methyl sites for hydroxylation is 1. The number of hydrogen-bond acceptors (Lipinski definition) is 3. The lowest BCUT2D eigenvalue weighted by atomic mass is 10.1. The van der Waals surface area contributed by atoms with Crippen molar-refractivity contribution >= 4 is 45.1 Å². The first-order valence-electron chi connectivity index (χ1n) is 6.13. The van der Waals surface area contributed by atoms with E-state index in [4.69, 9.17) is 16.7 Å². The number of rotatable bonds is 3. The lowest BCUT2D eigenvalue weighted by Gasteiger charge is -2.10. The largest absolute Gasteiger partial charge is 0.507 e. The maximum atomic E-state index is 12.2. The fourth-order valence-corrected chi connectivity index (χ4v) is 2.45. The van der Waals surface area contributed by atoms with E-state index in [2.05, 4.69) is 21.2 Å². The van der Waals surface area contributed by atoms with E-state index in [1.165, 1.54) is 12.1 Å². The molecule has 2 aromatic rings. The quantitative estimate of drug-likeness (QED) is 0.696. The minimum Gasteiger partial charge on any atom is -0.507 e. The highest BCUT2D eigenvalue weighted by atomic mass is 79.9. The lowest BCUT2D eigenvalue weighted by Crippen LogP contribution is -2.13. The van der Waals surface area contributed by atoms with E-state index < -0.39 is 11.9 Å². The van der Waals surface area contributed by atoms with Gasteiger partial charge < -0.3 is 15.5 Å². The third-order valence-corrected chi connectivity index (χ3v) is 3.78. The van der Waals surface area contributed by atoms with Gasteiger partial charge >= 0.3 is 5.97 Å². The first kappa shape index (κ1) is 16.3. The van der Waals surface area contributed by atoms with Crippen LogP contribution in [0.3, 0.4) is 0 Å². The molecular weight excluding hydrogens is 374 g/mol. The van der Waals surface area contributed by atoms with Crippen molar-refractivity contribution in [3.8, 4) is 5.75 Å². The average Bonchev–Trinajstić information content (AvgIpc) is 2.44. The Morgan fingerprint density at radius 3 is 2.50 bits per heavy atom. The first-order chi connectivity index (χ1) is 10.3. The Hall–Kier alpha value is -2.05. The minimum atomic E-state index is -1.28. The summed E-state index contributed by atoms with van der Waals surface area (Å²) in [4.78, 5) is 23.3. The summed E-state index contributed by atoms with van der Waals surface area (Å²) >= 11 is 9.23. The van der Waals surface area contributed by atoms with Crippen LogP contribution in [0.1, 0.15) is 26.3 Å². The van der Waals surface area contributed by atoms with Crippen molar-refractivity contribution < 1.29 is 19.8 Å². The van der Waals surface area contributed by atoms with Gasteiger partial charge in [-0.05, 0) is 42.8 Å². The molecule has 0 aromatic heterocycles. The Bertz CT molecular complexity index is 776. The predicted octanol–water partition coefficient (Wildman–Crippen LogP) is 4.07. The van der Waals surface area contributed by atoms with E-state index >= 15 is 0 Å². The molecule has 0 aliphatic heterocycles. The summed E-state index contributed by atoms with van der Waals surface area (Å²) in [6.07, 6.45) is 0. The molecule has 1 amide bonds. The number of carbonyl (C=O) groups is 2. The highest BCUT2D eigenvalue weighted by molar-refractivity contribution is 9.10. The highest BCUT2D eigenvalue weighted by Crippen LogP contribution is 2.28. The third kappa shape index (κ3) is 3.40. The second-order valence-corrected chi connectivity index (χ2v) is 5.90. The highest BCUT2D eigenvalue weighted by Gasteiger charge is 2.16. The second kappa shape index (κ2) is 6.37. The van der Waals surface area contributed by atoms with Crippen molar-refractivity contribution in [3.63, 3.8) is 0 Å². The van der Waals surface area contributed by atoms with Gasteiger partial charge in [0.25, 0.3) is 5.91 Å². The zero-order chi connectivity index (χ0) is 16.4. The zero-order valence-corrected chi connectivity index (χ0v) is 13.7. The van der Waals surface area contributed by atoms with Crippen molar-refractivity contribution in [2.24, 2.45) is 0 Å². The van der Waals surface area contributed by atoms with Crippen LogP contribution in [0.2, 0.25) is 5.02 Å². The third-order valence-electron chi connectivity index (χ3n) is 2.96. The van der Waals surface area contributed by atoms with Crippen molar-refractivity contribution in [2.45, 2.75) is 6.92 Å². The summed E-state index contributed by atoms with van der Waals surface area (Å²) in [5.74, 6) is -2.09. The summed E-state index contributed by atoms with van der Waals surface area (Å²) in [6, 6.07) is 7.50. The number of carboxylic acid groups (broad SMARTS) is 1. The number of nitrogens with one attached hydrogen (secondary N) is 1. The number of carbonyl (C=O) groups excluding carboxylic acids is 1. The molecule has 0 fully saturated rings. The van der Waals surface area contributed by atoms with Crippen LogP contribution in [0.15, 0.2) is 34.8 Å². The lowest BCUT2D eigenvalue weighted by molar-refractivity contribution is 0.0693. The summed E-state index contributed by atoms with van der Waals surface area (Å²) in [5, 5.41) is 21.6. The second-order valence-electron chi connectivity index (χ2n) is 4.57. The van der Waals surface area contributed by atoms with Gasteiger partial charge in [-0.2, -0.15) is 0 Å². The van der Waals surface area contributed by atoms with E-state index in [1.807, 2.05) is 0 Å². The summed E-state index contributed by atoms with van der Waals surface area (Å²) in [6.45, 7) is 1.55. The Morgan fingerprint density at radius 1 is 1.18 bits per heavy atom. The number of phenols is 1. The molecule has 0 aliphatic rings. The van der Waals surface area contributed by atoms with Crippen LogP contribution < -0.4 is 5.32 Å². The molecule has 0 saturated carbocycles. The van der Waals surface area contributed by atoms with Crippen LogP contribution in [0.4, 0.5) is 5.69 Å². The molecule has 2 aromatic carbocycles. The van der Waals surface area contributed by atoms with Crippen molar-refractivity contribution in [3.05, 3.63) is 56.5 Å². The van der Waals surface area contributed by atoms with Crippen LogP contribution >= 0.6 is 27.5 Å². The van der Waals surface area contributed by atoms with E-state index in [-0.39, 0.29) is 27.6 Å². The Kier molecular flexibility index (Phi) is 4.73. The van der Waals surface area contributed by atoms with Crippen molar-refractivity contribution in [1.82, 2.24) is 0 Å². The molecule has 3 N–H and O–H groups in total. The van der Waals surface area contributed by atoms with Gasteiger partial charge in [0, 0.05) is 10.2 Å². The van der Waals surface area contributed by atoms with Gasteiger partial charge in [0.1, 0.15) is 11.3 Å². The SMILES string of the molecule is Cc1cc(NC(=O)c2cc(Br)ccc2Cl)cc(C(=O)O)c1O. The summed E-state index contributed by atoms with van der Waals surface area (Å²) in [5.41, 5.74) is 0.568. The summed E-state index contributed by atoms with van der Waals surface area (Å²) in [7, 11) is 0. The molecule has 0 saturated heterocycles. The van der Waals surface area contributed by atoms with E-state index in [1.54, 1.807) is 25.1 Å². The molecule has 7 heteroatoms. The van der Waals surface area contributed by atoms with Gasteiger partial charge in [-0.3, -0.25) is 4.79 Å². The minimum absolute atomic E-state index is 0.249. The molecule has 0 spiro atoms. The number of amides is 1. The van der Waals surface area contributed by atoms with E-state index in [0.717, 1.165) is 0 Å². The topological polar surface area (TPSA) is 86.6 Å². The first-order valence-corrected chi connectivity index (χ1v) is 7.30. The smallest absolute Gasteiger partial charge is 0.339 e. The standard InChI is InChI=1S/C15H11BrClNO4/c1-7-4-9(6-11(13(7)19)15(21)22)18-14(20)10-5-8(16)2-3-12(10)17/h2-6,19H,1H3,(H,18,20)(H,21,22). The van der Waals surface area contributed by atoms with Crippen LogP contribution in [-0.4, -0.2) is 22.1 Å². The molecule has 2 rings (SSSR count). The summed E-state index contributed by atoms with van der Waals surface area (Å²) < 4.78 is 0.690. The van der Waals surface area contributed by atoms with Gasteiger partial charge in [-0.1, -0.05) is 27.5 Å². The number of carboxylic acids is 1. The molecule has 114 valence electrons. The fourth-order valence-electron chi connectivity index (χ4n) is 1.88. The molecular formula is C15H11BrClNO4. The molecule has 0 radical (unpaired) electrons. The van der Waals surface area contributed by atoms with Gasteiger partial charge in [-0.25, -0.2) is 4.79 Å². The average molecular weight is 385 g/mol. The zero-order valence-electron chi connectivity index (χ0n) is 11.4. The molecule has 5 nitrogen and oxygen atoms in total. The molecule has 0 aliphatic carbocycles. The molecule has 0 bridgehead atoms. The van der Waals surface area contributed by atoms with E-state index in [0.29, 0.717) is 10.0 Å². The van der Waals surface area contributed by atoms with Crippen LogP contribution in [0.25, 0.3) is 0 Å². The number of benzene rings is 2. The molecule has 0 unspecified atom stereocenters. The molecule has 0 heterocycles. The Labute approximate surface area is 139 Å². The number of hydrogen-bond donors (Lipinski definition) is 3.